The zero-order valence-electron chi connectivity index (χ0n) is 11.4. The van der Waals surface area contributed by atoms with Crippen LogP contribution in [-0.4, -0.2) is 15.4 Å². The minimum Gasteiger partial charge on any atom is -0.399 e. The molecule has 0 radical (unpaired) electrons. The predicted octanol–water partition coefficient (Wildman–Crippen LogP) is 3.42. The molecule has 5 heteroatoms. The number of anilines is 1. The Morgan fingerprint density at radius 3 is 2.95 bits per heavy atom. The van der Waals surface area contributed by atoms with Gasteiger partial charge >= 0.3 is 0 Å². The van der Waals surface area contributed by atoms with Gasteiger partial charge in [-0.05, 0) is 30.5 Å². The van der Waals surface area contributed by atoms with E-state index in [-0.39, 0.29) is 0 Å². The van der Waals surface area contributed by atoms with E-state index in [1.807, 2.05) is 36.0 Å². The Balaban J connectivity index is 1.56. The van der Waals surface area contributed by atoms with Crippen LogP contribution in [0.3, 0.4) is 0 Å². The van der Waals surface area contributed by atoms with Crippen molar-refractivity contribution >= 4 is 17.4 Å². The Hall–Kier alpha value is -1.49. The molecule has 0 atom stereocenters. The van der Waals surface area contributed by atoms with E-state index in [9.17, 15) is 0 Å². The van der Waals surface area contributed by atoms with Crippen molar-refractivity contribution in [2.75, 3.05) is 5.73 Å². The molecule has 1 aliphatic carbocycles. The summed E-state index contributed by atoms with van der Waals surface area (Å²) in [5.74, 6) is 2.32. The number of hydrogen-bond acceptors (Lipinski definition) is 5. The molecular formula is C15H19N3OS. The van der Waals surface area contributed by atoms with Gasteiger partial charge in [-0.25, -0.2) is 0 Å². The van der Waals surface area contributed by atoms with E-state index in [4.69, 9.17) is 10.3 Å². The summed E-state index contributed by atoms with van der Waals surface area (Å²) in [5, 5.41) is 4.84. The van der Waals surface area contributed by atoms with Crippen LogP contribution in [0.2, 0.25) is 0 Å². The van der Waals surface area contributed by atoms with E-state index < -0.39 is 0 Å². The minimum absolute atomic E-state index is 0.645. The summed E-state index contributed by atoms with van der Waals surface area (Å²) in [5.41, 5.74) is 7.63. The highest BCUT2D eigenvalue weighted by molar-refractivity contribution is 7.99. The van der Waals surface area contributed by atoms with E-state index in [0.29, 0.717) is 12.3 Å². The van der Waals surface area contributed by atoms with Crippen LogP contribution in [0.15, 0.2) is 28.8 Å². The van der Waals surface area contributed by atoms with Crippen molar-refractivity contribution in [3.8, 4) is 0 Å². The minimum atomic E-state index is 0.645. The smallest absolute Gasteiger partial charge is 0.231 e. The molecule has 20 heavy (non-hydrogen) atoms. The molecule has 3 rings (SSSR count). The van der Waals surface area contributed by atoms with Gasteiger partial charge in [0.15, 0.2) is 5.82 Å². The molecule has 0 spiro atoms. The lowest BCUT2D eigenvalue weighted by atomic mass is 10.1. The van der Waals surface area contributed by atoms with Crippen molar-refractivity contribution in [2.45, 2.75) is 43.1 Å². The number of nitrogen functional groups attached to an aromatic ring is 1. The van der Waals surface area contributed by atoms with Crippen LogP contribution in [0.4, 0.5) is 5.69 Å². The first-order valence-electron chi connectivity index (χ1n) is 7.07. The quantitative estimate of drug-likeness (QED) is 0.854. The van der Waals surface area contributed by atoms with Gasteiger partial charge < -0.3 is 10.3 Å². The lowest BCUT2D eigenvalue weighted by molar-refractivity contribution is 0.381. The largest absolute Gasteiger partial charge is 0.399 e. The third kappa shape index (κ3) is 3.54. The van der Waals surface area contributed by atoms with Gasteiger partial charge in [-0.2, -0.15) is 16.7 Å². The SMILES string of the molecule is Nc1cccc(Cc2nc(CSC3CCCC3)no2)c1. The van der Waals surface area contributed by atoms with Gasteiger partial charge in [0.05, 0.1) is 12.2 Å². The number of nitrogens with zero attached hydrogens (tertiary/aromatic N) is 2. The average Bonchev–Trinajstić information content (AvgIpc) is 3.07. The van der Waals surface area contributed by atoms with Crippen LogP contribution in [0, 0.1) is 0 Å². The molecule has 1 saturated carbocycles. The first-order valence-corrected chi connectivity index (χ1v) is 8.12. The van der Waals surface area contributed by atoms with Crippen LogP contribution in [-0.2, 0) is 12.2 Å². The Morgan fingerprint density at radius 1 is 1.30 bits per heavy atom. The monoisotopic (exact) mass is 289 g/mol. The summed E-state index contributed by atoms with van der Waals surface area (Å²) < 4.78 is 5.31. The van der Waals surface area contributed by atoms with Crippen molar-refractivity contribution in [1.82, 2.24) is 10.1 Å². The third-order valence-electron chi connectivity index (χ3n) is 3.57. The lowest BCUT2D eigenvalue weighted by Crippen LogP contribution is -1.96. The van der Waals surface area contributed by atoms with Crippen molar-refractivity contribution in [2.24, 2.45) is 0 Å². The van der Waals surface area contributed by atoms with E-state index in [2.05, 4.69) is 10.1 Å². The number of aromatic nitrogens is 2. The van der Waals surface area contributed by atoms with Crippen LogP contribution in [0.1, 0.15) is 43.0 Å². The number of nitrogens with two attached hydrogens (primary N) is 1. The summed E-state index contributed by atoms with van der Waals surface area (Å²) in [6, 6.07) is 7.78. The third-order valence-corrected chi connectivity index (χ3v) is 4.93. The molecule has 4 nitrogen and oxygen atoms in total. The van der Waals surface area contributed by atoms with Crippen molar-refractivity contribution in [1.29, 1.82) is 0 Å². The van der Waals surface area contributed by atoms with Gasteiger partial charge in [0.2, 0.25) is 5.89 Å². The Kier molecular flexibility index (Phi) is 4.25. The Labute approximate surface area is 123 Å². The van der Waals surface area contributed by atoms with Gasteiger partial charge in [-0.3, -0.25) is 0 Å². The number of thioether (sulfide) groups is 1. The van der Waals surface area contributed by atoms with Crippen LogP contribution < -0.4 is 5.73 Å². The van der Waals surface area contributed by atoms with Gasteiger partial charge in [-0.15, -0.1) is 0 Å². The van der Waals surface area contributed by atoms with E-state index in [1.54, 1.807) is 0 Å². The normalized spacial score (nSPS) is 15.8. The number of hydrogen-bond donors (Lipinski definition) is 1. The van der Waals surface area contributed by atoms with Gasteiger partial charge in [0, 0.05) is 10.9 Å². The molecule has 0 unspecified atom stereocenters. The lowest BCUT2D eigenvalue weighted by Gasteiger charge is -2.04. The highest BCUT2D eigenvalue weighted by Crippen LogP contribution is 2.31. The molecule has 2 aromatic rings. The number of rotatable bonds is 5. The molecule has 1 aliphatic rings. The van der Waals surface area contributed by atoms with Gasteiger partial charge in [0.25, 0.3) is 0 Å². The highest BCUT2D eigenvalue weighted by atomic mass is 32.2. The maximum atomic E-state index is 5.76. The molecule has 1 aromatic heterocycles. The standard InChI is InChI=1S/C15H19N3OS/c16-12-5-3-4-11(8-12)9-15-17-14(18-19-15)10-20-13-6-1-2-7-13/h3-5,8,13H,1-2,6-7,9-10,16H2. The van der Waals surface area contributed by atoms with Crippen LogP contribution >= 0.6 is 11.8 Å². The fourth-order valence-corrected chi connectivity index (χ4v) is 3.71. The molecule has 0 saturated heterocycles. The zero-order chi connectivity index (χ0) is 13.8. The predicted molar refractivity (Wildman–Crippen MR) is 81.5 cm³/mol. The number of benzene rings is 1. The first kappa shape index (κ1) is 13.5. The molecule has 0 amide bonds. The van der Waals surface area contributed by atoms with Gasteiger partial charge in [-0.1, -0.05) is 30.1 Å². The molecule has 106 valence electrons. The second kappa shape index (κ2) is 6.31. The fraction of sp³-hybridized carbons (Fsp3) is 0.467. The van der Waals surface area contributed by atoms with E-state index in [1.165, 1.54) is 25.7 Å². The van der Waals surface area contributed by atoms with Crippen molar-refractivity contribution in [3.63, 3.8) is 0 Å². The zero-order valence-corrected chi connectivity index (χ0v) is 12.2. The summed E-state index contributed by atoms with van der Waals surface area (Å²) in [7, 11) is 0. The van der Waals surface area contributed by atoms with Crippen molar-refractivity contribution in [3.05, 3.63) is 41.5 Å². The first-order chi connectivity index (χ1) is 9.79. The Morgan fingerprint density at radius 2 is 2.15 bits per heavy atom. The second-order valence-electron chi connectivity index (χ2n) is 5.24. The molecule has 1 fully saturated rings. The molecule has 1 heterocycles. The molecular weight excluding hydrogens is 270 g/mol. The summed E-state index contributed by atoms with van der Waals surface area (Å²) in [4.78, 5) is 4.46. The topological polar surface area (TPSA) is 64.9 Å². The molecule has 1 aromatic carbocycles. The fourth-order valence-electron chi connectivity index (χ4n) is 2.55. The molecule has 0 bridgehead atoms. The van der Waals surface area contributed by atoms with Crippen LogP contribution in [0.5, 0.6) is 0 Å². The maximum absolute atomic E-state index is 5.76. The maximum Gasteiger partial charge on any atom is 0.231 e. The van der Waals surface area contributed by atoms with E-state index >= 15 is 0 Å². The molecule has 2 N–H and O–H groups in total. The van der Waals surface area contributed by atoms with Gasteiger partial charge in [0.1, 0.15) is 0 Å². The van der Waals surface area contributed by atoms with Crippen molar-refractivity contribution < 1.29 is 4.52 Å². The summed E-state index contributed by atoms with van der Waals surface area (Å²) in [6.45, 7) is 0. The second-order valence-corrected chi connectivity index (χ2v) is 6.53. The average molecular weight is 289 g/mol. The van der Waals surface area contributed by atoms with Crippen LogP contribution in [0.25, 0.3) is 0 Å². The van der Waals surface area contributed by atoms with E-state index in [0.717, 1.165) is 28.1 Å². The summed E-state index contributed by atoms with van der Waals surface area (Å²) >= 11 is 1.95. The Bertz CT molecular complexity index is 564. The summed E-state index contributed by atoms with van der Waals surface area (Å²) in [6.07, 6.45) is 6.04. The highest BCUT2D eigenvalue weighted by Gasteiger charge is 2.16. The molecule has 0 aliphatic heterocycles.